The zero-order valence-corrected chi connectivity index (χ0v) is 16.3. The van der Waals surface area contributed by atoms with E-state index in [4.69, 9.17) is 4.74 Å². The van der Waals surface area contributed by atoms with Gasteiger partial charge in [-0.2, -0.15) is 0 Å². The molecule has 0 saturated carbocycles. The fraction of sp³-hybridized carbons (Fsp3) is 0.130. The summed E-state index contributed by atoms with van der Waals surface area (Å²) in [5, 5.41) is 6.50. The van der Waals surface area contributed by atoms with Gasteiger partial charge in [-0.3, -0.25) is 9.78 Å². The number of methoxy groups -OCH3 is 1. The minimum atomic E-state index is 0.113. The van der Waals surface area contributed by atoms with Crippen molar-refractivity contribution in [1.82, 2.24) is 4.98 Å². The highest BCUT2D eigenvalue weighted by atomic mass is 32.1. The van der Waals surface area contributed by atoms with Gasteiger partial charge in [-0.25, -0.2) is 0 Å². The van der Waals surface area contributed by atoms with Crippen molar-refractivity contribution in [2.75, 3.05) is 12.4 Å². The van der Waals surface area contributed by atoms with Crippen LogP contribution in [-0.4, -0.2) is 17.9 Å². The van der Waals surface area contributed by atoms with E-state index in [9.17, 15) is 4.79 Å². The van der Waals surface area contributed by atoms with Gasteiger partial charge in [0.25, 0.3) is 0 Å². The zero-order valence-electron chi connectivity index (χ0n) is 15.5. The van der Waals surface area contributed by atoms with E-state index in [2.05, 4.69) is 16.4 Å². The molecule has 5 heteroatoms. The lowest BCUT2D eigenvalue weighted by atomic mass is 10.1. The van der Waals surface area contributed by atoms with Gasteiger partial charge >= 0.3 is 0 Å². The maximum Gasteiger partial charge on any atom is 0.179 e. The predicted octanol–water partition coefficient (Wildman–Crippen LogP) is 5.34. The molecule has 0 bridgehead atoms. The molecule has 28 heavy (non-hydrogen) atoms. The number of thiophene rings is 1. The number of carbonyl (C=O) groups excluding carboxylic acids is 1. The molecule has 4 aromatic rings. The van der Waals surface area contributed by atoms with Gasteiger partial charge in [0.1, 0.15) is 5.75 Å². The van der Waals surface area contributed by atoms with Crippen LogP contribution >= 0.6 is 11.3 Å². The van der Waals surface area contributed by atoms with Gasteiger partial charge in [-0.15, -0.1) is 11.3 Å². The molecule has 0 atom stereocenters. The molecule has 4 rings (SSSR count). The molecular formula is C23H20N2O2S. The summed E-state index contributed by atoms with van der Waals surface area (Å²) in [7, 11) is 1.63. The number of anilines is 1. The summed E-state index contributed by atoms with van der Waals surface area (Å²) in [6, 6.07) is 19.7. The van der Waals surface area contributed by atoms with Crippen molar-refractivity contribution in [3.8, 4) is 5.75 Å². The Bertz CT molecular complexity index is 1100. The van der Waals surface area contributed by atoms with Crippen LogP contribution in [-0.2, 0) is 13.0 Å². The first kappa shape index (κ1) is 18.2. The number of nitrogens with zero attached hydrogens (tertiary/aromatic N) is 1. The number of pyridine rings is 1. The van der Waals surface area contributed by atoms with E-state index in [0.29, 0.717) is 13.0 Å². The number of rotatable bonds is 7. The van der Waals surface area contributed by atoms with Crippen molar-refractivity contribution in [3.05, 3.63) is 88.2 Å². The van der Waals surface area contributed by atoms with Gasteiger partial charge < -0.3 is 10.1 Å². The third-order valence-corrected chi connectivity index (χ3v) is 5.61. The van der Waals surface area contributed by atoms with Crippen LogP contribution in [0.15, 0.2) is 72.2 Å². The largest absolute Gasteiger partial charge is 0.497 e. The van der Waals surface area contributed by atoms with Gasteiger partial charge in [0, 0.05) is 24.5 Å². The Morgan fingerprint density at radius 2 is 1.89 bits per heavy atom. The first-order valence-corrected chi connectivity index (χ1v) is 9.92. The Hall–Kier alpha value is -3.18. The third-order valence-electron chi connectivity index (χ3n) is 4.65. The monoisotopic (exact) mass is 388 g/mol. The van der Waals surface area contributed by atoms with E-state index in [1.807, 2.05) is 66.2 Å². The second-order valence-corrected chi connectivity index (χ2v) is 7.37. The van der Waals surface area contributed by atoms with E-state index < -0.39 is 0 Å². The average Bonchev–Trinajstić information content (AvgIpc) is 3.21. The Balaban J connectivity index is 1.48. The summed E-state index contributed by atoms with van der Waals surface area (Å²) in [6.45, 7) is 0.641. The van der Waals surface area contributed by atoms with Crippen LogP contribution in [0.2, 0.25) is 0 Å². The second kappa shape index (κ2) is 8.23. The fourth-order valence-electron chi connectivity index (χ4n) is 3.17. The summed E-state index contributed by atoms with van der Waals surface area (Å²) >= 11 is 1.47. The molecule has 140 valence electrons. The van der Waals surface area contributed by atoms with Crippen molar-refractivity contribution in [2.45, 2.75) is 13.0 Å². The number of ketones is 1. The zero-order chi connectivity index (χ0) is 19.3. The molecule has 2 aromatic heterocycles. The lowest BCUT2D eigenvalue weighted by Crippen LogP contribution is -2.07. The second-order valence-electron chi connectivity index (χ2n) is 6.45. The summed E-state index contributed by atoms with van der Waals surface area (Å²) in [4.78, 5) is 18.0. The highest BCUT2D eigenvalue weighted by Crippen LogP contribution is 2.26. The number of Topliss-reactive ketones (excluding diaryl/α,β-unsaturated/α-hetero) is 1. The van der Waals surface area contributed by atoms with Crippen LogP contribution in [0.25, 0.3) is 10.9 Å². The number of nitrogens with one attached hydrogen (secondary N) is 1. The minimum Gasteiger partial charge on any atom is -0.497 e. The molecular weight excluding hydrogens is 368 g/mol. The molecule has 0 saturated heterocycles. The quantitative estimate of drug-likeness (QED) is 0.434. The van der Waals surface area contributed by atoms with Crippen LogP contribution in [0, 0.1) is 0 Å². The molecule has 4 nitrogen and oxygen atoms in total. The molecule has 1 N–H and O–H groups in total. The lowest BCUT2D eigenvalue weighted by molar-refractivity contribution is 0.0997. The summed E-state index contributed by atoms with van der Waals surface area (Å²) in [6.07, 6.45) is 2.19. The predicted molar refractivity (Wildman–Crippen MR) is 114 cm³/mol. The number of para-hydroxylation sites is 1. The van der Waals surface area contributed by atoms with E-state index in [-0.39, 0.29) is 5.78 Å². The van der Waals surface area contributed by atoms with Crippen molar-refractivity contribution in [2.24, 2.45) is 0 Å². The summed E-state index contributed by atoms with van der Waals surface area (Å²) in [5.74, 6) is 0.904. The first-order chi connectivity index (χ1) is 13.7. The minimum absolute atomic E-state index is 0.113. The third kappa shape index (κ3) is 3.89. The highest BCUT2D eigenvalue weighted by molar-refractivity contribution is 7.12. The highest BCUT2D eigenvalue weighted by Gasteiger charge is 2.14. The first-order valence-electron chi connectivity index (χ1n) is 9.05. The average molecular weight is 388 g/mol. The topological polar surface area (TPSA) is 51.2 Å². The van der Waals surface area contributed by atoms with Crippen LogP contribution < -0.4 is 10.1 Å². The van der Waals surface area contributed by atoms with Crippen LogP contribution in [0.3, 0.4) is 0 Å². The number of benzene rings is 2. The number of aromatic nitrogens is 1. The normalized spacial score (nSPS) is 10.8. The van der Waals surface area contributed by atoms with Gasteiger partial charge in [-0.05, 0) is 46.8 Å². The van der Waals surface area contributed by atoms with Crippen LogP contribution in [0.1, 0.15) is 20.8 Å². The van der Waals surface area contributed by atoms with Gasteiger partial charge in [-0.1, -0.05) is 30.3 Å². The van der Waals surface area contributed by atoms with Crippen molar-refractivity contribution < 1.29 is 9.53 Å². The van der Waals surface area contributed by atoms with Crippen LogP contribution in [0.5, 0.6) is 5.75 Å². The van der Waals surface area contributed by atoms with Gasteiger partial charge in [0.05, 0.1) is 23.2 Å². The number of fused-ring (bicyclic) bond motifs is 1. The SMILES string of the molecule is COc1ccc(CC(=O)c2sccc2NCc2ccnc3ccccc23)cc1. The molecule has 0 amide bonds. The van der Waals surface area contributed by atoms with E-state index in [1.54, 1.807) is 7.11 Å². The van der Waals surface area contributed by atoms with Gasteiger partial charge in [0.2, 0.25) is 0 Å². The Labute approximate surface area is 167 Å². The van der Waals surface area contributed by atoms with Crippen LogP contribution in [0.4, 0.5) is 5.69 Å². The summed E-state index contributed by atoms with van der Waals surface area (Å²) in [5.41, 5.74) is 3.99. The molecule has 0 aliphatic rings. The molecule has 0 aliphatic heterocycles. The van der Waals surface area contributed by atoms with E-state index in [1.165, 1.54) is 11.3 Å². The standard InChI is InChI=1S/C23H20N2O2S/c1-27-18-8-6-16(7-9-18)14-22(26)23-21(11-13-28-23)25-15-17-10-12-24-20-5-3-2-4-19(17)20/h2-13,25H,14-15H2,1H3. The number of hydrogen-bond acceptors (Lipinski definition) is 5. The Kier molecular flexibility index (Phi) is 5.35. The molecule has 0 radical (unpaired) electrons. The van der Waals surface area contributed by atoms with Crippen molar-refractivity contribution in [1.29, 1.82) is 0 Å². The fourth-order valence-corrected chi connectivity index (χ4v) is 3.98. The maximum absolute atomic E-state index is 12.8. The molecule has 0 spiro atoms. The molecule has 0 unspecified atom stereocenters. The summed E-state index contributed by atoms with van der Waals surface area (Å²) < 4.78 is 5.17. The lowest BCUT2D eigenvalue weighted by Gasteiger charge is -2.10. The molecule has 0 fully saturated rings. The van der Waals surface area contributed by atoms with E-state index in [0.717, 1.165) is 38.3 Å². The van der Waals surface area contributed by atoms with E-state index >= 15 is 0 Å². The number of ether oxygens (including phenoxy) is 1. The molecule has 2 aromatic carbocycles. The van der Waals surface area contributed by atoms with Crippen molar-refractivity contribution >= 4 is 33.7 Å². The van der Waals surface area contributed by atoms with Gasteiger partial charge in [0.15, 0.2) is 5.78 Å². The van der Waals surface area contributed by atoms with Crippen molar-refractivity contribution in [3.63, 3.8) is 0 Å². The maximum atomic E-state index is 12.8. The number of hydrogen-bond donors (Lipinski definition) is 1. The molecule has 0 aliphatic carbocycles. The smallest absolute Gasteiger partial charge is 0.179 e. The number of carbonyl (C=O) groups is 1. The Morgan fingerprint density at radius 3 is 2.71 bits per heavy atom. The Morgan fingerprint density at radius 1 is 1.07 bits per heavy atom. The molecule has 2 heterocycles.